The van der Waals surface area contributed by atoms with Crippen molar-refractivity contribution in [2.24, 2.45) is 0 Å². The number of hydrogen-bond donors (Lipinski definition) is 1. The summed E-state index contributed by atoms with van der Waals surface area (Å²) in [7, 11) is 0. The number of carbonyl (C=O) groups is 1. The third-order valence-electron chi connectivity index (χ3n) is 5.69. The van der Waals surface area contributed by atoms with Gasteiger partial charge < -0.3 is 9.84 Å². The molecule has 1 aliphatic heterocycles. The molecule has 4 nitrogen and oxygen atoms in total. The average molecular weight is 396 g/mol. The van der Waals surface area contributed by atoms with Gasteiger partial charge in [-0.3, -0.25) is 9.69 Å². The molecule has 1 aliphatic carbocycles. The minimum absolute atomic E-state index is 0. The molecular formula is C20H26ClNO3S. The molecule has 6 heteroatoms. The van der Waals surface area contributed by atoms with Crippen molar-refractivity contribution < 1.29 is 14.6 Å². The zero-order valence-electron chi connectivity index (χ0n) is 14.9. The van der Waals surface area contributed by atoms with E-state index < -0.39 is 5.97 Å². The van der Waals surface area contributed by atoms with Crippen LogP contribution in [0, 0.1) is 0 Å². The van der Waals surface area contributed by atoms with Gasteiger partial charge in [-0.1, -0.05) is 18.9 Å². The molecule has 26 heavy (non-hydrogen) atoms. The number of carboxylic acids is 1. The highest BCUT2D eigenvalue weighted by molar-refractivity contribution is 7.17. The van der Waals surface area contributed by atoms with Crippen LogP contribution in [0.25, 0.3) is 10.1 Å². The molecule has 2 unspecified atom stereocenters. The lowest BCUT2D eigenvalue weighted by atomic mass is 9.78. The van der Waals surface area contributed by atoms with Crippen molar-refractivity contribution in [3.63, 3.8) is 0 Å². The summed E-state index contributed by atoms with van der Waals surface area (Å²) in [5.41, 5.74) is 2.34. The number of thiophene rings is 1. The number of hydrogen-bond acceptors (Lipinski definition) is 4. The lowest BCUT2D eigenvalue weighted by molar-refractivity contribution is -0.136. The Balaban J connectivity index is 0.00000196. The summed E-state index contributed by atoms with van der Waals surface area (Å²) in [5, 5.41) is 12.3. The van der Waals surface area contributed by atoms with Crippen LogP contribution in [0.5, 0.6) is 0 Å². The smallest absolute Gasteiger partial charge is 0.307 e. The molecule has 0 radical (unpaired) electrons. The molecule has 0 spiro atoms. The maximum atomic E-state index is 11.1. The number of morpholine rings is 1. The molecule has 1 saturated heterocycles. The average Bonchev–Trinajstić information content (AvgIpc) is 3.04. The van der Waals surface area contributed by atoms with Gasteiger partial charge in [0, 0.05) is 23.8 Å². The van der Waals surface area contributed by atoms with Gasteiger partial charge in [0.1, 0.15) is 0 Å². The van der Waals surface area contributed by atoms with E-state index in [9.17, 15) is 4.79 Å². The fourth-order valence-electron chi connectivity index (χ4n) is 4.48. The second kappa shape index (κ2) is 8.70. The van der Waals surface area contributed by atoms with Crippen molar-refractivity contribution in [1.82, 2.24) is 4.90 Å². The van der Waals surface area contributed by atoms with Crippen LogP contribution in [0.1, 0.15) is 42.7 Å². The van der Waals surface area contributed by atoms with Crippen molar-refractivity contribution >= 4 is 39.8 Å². The van der Waals surface area contributed by atoms with Crippen LogP contribution in [0.2, 0.25) is 0 Å². The van der Waals surface area contributed by atoms with E-state index in [-0.39, 0.29) is 18.8 Å². The molecule has 2 aliphatic rings. The number of rotatable bonds is 4. The first-order chi connectivity index (χ1) is 12.2. The van der Waals surface area contributed by atoms with E-state index in [4.69, 9.17) is 9.84 Å². The van der Waals surface area contributed by atoms with Crippen LogP contribution < -0.4 is 0 Å². The minimum atomic E-state index is -0.756. The molecule has 142 valence electrons. The van der Waals surface area contributed by atoms with E-state index in [1.54, 1.807) is 11.3 Å². The van der Waals surface area contributed by atoms with Gasteiger partial charge in [-0.25, -0.2) is 0 Å². The molecule has 1 aromatic heterocycles. The van der Waals surface area contributed by atoms with Crippen molar-refractivity contribution in [3.8, 4) is 0 Å². The molecule has 1 N–H and O–H groups in total. The maximum absolute atomic E-state index is 11.1. The van der Waals surface area contributed by atoms with E-state index in [0.717, 1.165) is 37.3 Å². The second-order valence-corrected chi connectivity index (χ2v) is 8.10. The van der Waals surface area contributed by atoms with E-state index >= 15 is 0 Å². The Labute approximate surface area is 164 Å². The number of nitrogens with zero attached hydrogens (tertiary/aromatic N) is 1. The number of carboxylic acid groups (broad SMARTS) is 1. The Kier molecular flexibility index (Phi) is 6.56. The molecule has 4 rings (SSSR count). The summed E-state index contributed by atoms with van der Waals surface area (Å²) in [4.78, 5) is 13.8. The Morgan fingerprint density at radius 2 is 2.00 bits per heavy atom. The summed E-state index contributed by atoms with van der Waals surface area (Å²) >= 11 is 1.65. The Bertz CT molecular complexity index is 757. The lowest BCUT2D eigenvalue weighted by Gasteiger charge is -2.42. The summed E-state index contributed by atoms with van der Waals surface area (Å²) in [5.74, 6) is -0.206. The number of benzene rings is 1. The summed E-state index contributed by atoms with van der Waals surface area (Å²) < 4.78 is 6.73. The fraction of sp³-hybridized carbons (Fsp3) is 0.550. The zero-order chi connectivity index (χ0) is 17.2. The third-order valence-corrected chi connectivity index (χ3v) is 6.70. The Morgan fingerprint density at radius 1 is 1.23 bits per heavy atom. The van der Waals surface area contributed by atoms with Crippen LogP contribution >= 0.6 is 23.7 Å². The quantitative estimate of drug-likeness (QED) is 0.838. The van der Waals surface area contributed by atoms with Gasteiger partial charge in [-0.2, -0.15) is 0 Å². The Hall–Kier alpha value is -1.14. The first kappa shape index (κ1) is 19.6. The standard InChI is InChI=1S/C20H25NO3S.ClH/c22-20(23)12-15-13-25-19-6-5-14(11-17(15)19)16-3-1-2-4-18(16)21-7-9-24-10-8-21;/h5-6,11,13,16,18H,1-4,7-10,12H2,(H,22,23);1H. The number of aliphatic carboxylic acids is 1. The third kappa shape index (κ3) is 4.06. The van der Waals surface area contributed by atoms with E-state index in [0.29, 0.717) is 12.0 Å². The molecular weight excluding hydrogens is 370 g/mol. The fourth-order valence-corrected chi connectivity index (χ4v) is 5.42. The topological polar surface area (TPSA) is 49.8 Å². The van der Waals surface area contributed by atoms with Crippen LogP contribution in [-0.4, -0.2) is 48.3 Å². The van der Waals surface area contributed by atoms with Gasteiger partial charge in [-0.05, 0) is 52.8 Å². The maximum Gasteiger partial charge on any atom is 0.307 e. The Morgan fingerprint density at radius 3 is 2.77 bits per heavy atom. The monoisotopic (exact) mass is 395 g/mol. The number of halogens is 1. The van der Waals surface area contributed by atoms with Crippen LogP contribution in [0.4, 0.5) is 0 Å². The molecule has 1 saturated carbocycles. The molecule has 2 fully saturated rings. The molecule has 2 aromatic rings. The van der Waals surface area contributed by atoms with Gasteiger partial charge in [0.15, 0.2) is 0 Å². The highest BCUT2D eigenvalue weighted by Gasteiger charge is 2.32. The molecule has 0 amide bonds. The van der Waals surface area contributed by atoms with Gasteiger partial charge in [0.25, 0.3) is 0 Å². The summed E-state index contributed by atoms with van der Waals surface area (Å²) in [6.07, 6.45) is 5.19. The van der Waals surface area contributed by atoms with Gasteiger partial charge >= 0.3 is 5.97 Å². The highest BCUT2D eigenvalue weighted by Crippen LogP contribution is 2.39. The zero-order valence-corrected chi connectivity index (χ0v) is 16.5. The van der Waals surface area contributed by atoms with Crippen LogP contribution in [0.15, 0.2) is 23.6 Å². The van der Waals surface area contributed by atoms with Gasteiger partial charge in [0.2, 0.25) is 0 Å². The van der Waals surface area contributed by atoms with Crippen LogP contribution in [-0.2, 0) is 16.0 Å². The van der Waals surface area contributed by atoms with Crippen molar-refractivity contribution in [2.75, 3.05) is 26.3 Å². The number of ether oxygens (including phenoxy) is 1. The van der Waals surface area contributed by atoms with Crippen LogP contribution in [0.3, 0.4) is 0 Å². The van der Waals surface area contributed by atoms with Gasteiger partial charge in [-0.15, -0.1) is 23.7 Å². The molecule has 2 atom stereocenters. The molecule has 2 heterocycles. The van der Waals surface area contributed by atoms with E-state index in [1.807, 2.05) is 5.38 Å². The van der Waals surface area contributed by atoms with E-state index in [1.165, 1.54) is 35.9 Å². The van der Waals surface area contributed by atoms with E-state index in [2.05, 4.69) is 23.1 Å². The van der Waals surface area contributed by atoms with Crippen molar-refractivity contribution in [2.45, 2.75) is 44.1 Å². The SMILES string of the molecule is Cl.O=C(O)Cc1csc2ccc(C3CCCCC3N3CCOCC3)cc12. The summed E-state index contributed by atoms with van der Waals surface area (Å²) in [6.45, 7) is 3.75. The molecule has 1 aromatic carbocycles. The normalized spacial score (nSPS) is 24.3. The first-order valence-corrected chi connectivity index (χ1v) is 10.1. The summed E-state index contributed by atoms with van der Waals surface area (Å²) in [6, 6.07) is 7.32. The lowest BCUT2D eigenvalue weighted by Crippen LogP contribution is -2.47. The minimum Gasteiger partial charge on any atom is -0.481 e. The number of fused-ring (bicyclic) bond motifs is 1. The molecule has 0 bridgehead atoms. The van der Waals surface area contributed by atoms with Crippen molar-refractivity contribution in [3.05, 3.63) is 34.7 Å². The highest BCUT2D eigenvalue weighted by atomic mass is 35.5. The van der Waals surface area contributed by atoms with Crippen molar-refractivity contribution in [1.29, 1.82) is 0 Å². The second-order valence-electron chi connectivity index (χ2n) is 7.19. The first-order valence-electron chi connectivity index (χ1n) is 9.26. The predicted octanol–water partition coefficient (Wildman–Crippen LogP) is 4.31. The largest absolute Gasteiger partial charge is 0.481 e. The van der Waals surface area contributed by atoms with Gasteiger partial charge in [0.05, 0.1) is 19.6 Å². The predicted molar refractivity (Wildman–Crippen MR) is 108 cm³/mol.